The van der Waals surface area contributed by atoms with Crippen LogP contribution in [0.2, 0.25) is 5.02 Å². The Labute approximate surface area is 150 Å². The molecule has 6 heteroatoms. The zero-order valence-corrected chi connectivity index (χ0v) is 14.6. The molecule has 0 aromatic heterocycles. The van der Waals surface area contributed by atoms with Gasteiger partial charge in [0.2, 0.25) is 0 Å². The summed E-state index contributed by atoms with van der Waals surface area (Å²) in [6, 6.07) is 11.3. The van der Waals surface area contributed by atoms with Gasteiger partial charge in [0.25, 0.3) is 11.8 Å². The maximum Gasteiger partial charge on any atom is 0.257 e. The van der Waals surface area contributed by atoms with Crippen molar-refractivity contribution in [2.24, 2.45) is 0 Å². The summed E-state index contributed by atoms with van der Waals surface area (Å²) in [5, 5.41) is 0.318. The average molecular weight is 361 g/mol. The third-order valence-electron chi connectivity index (χ3n) is 4.31. The molecule has 2 aromatic carbocycles. The smallest absolute Gasteiger partial charge is 0.257 e. The average Bonchev–Trinajstić information content (AvgIpc) is 2.63. The zero-order chi connectivity index (χ0) is 18.0. The Morgan fingerprint density at radius 1 is 0.920 bits per heavy atom. The van der Waals surface area contributed by atoms with E-state index in [1.807, 2.05) is 19.1 Å². The first-order valence-electron chi connectivity index (χ1n) is 8.06. The van der Waals surface area contributed by atoms with Crippen molar-refractivity contribution < 1.29 is 14.0 Å². The normalized spacial score (nSPS) is 14.5. The predicted molar refractivity (Wildman–Crippen MR) is 94.4 cm³/mol. The molecule has 0 spiro atoms. The molecule has 0 atom stereocenters. The number of aryl methyl sites for hydroxylation is 1. The number of benzene rings is 2. The third kappa shape index (κ3) is 3.82. The maximum absolute atomic E-state index is 13.9. The van der Waals surface area contributed by atoms with Crippen LogP contribution in [0.5, 0.6) is 0 Å². The van der Waals surface area contributed by atoms with Gasteiger partial charge in [-0.25, -0.2) is 4.39 Å². The van der Waals surface area contributed by atoms with Crippen LogP contribution in [0.1, 0.15) is 26.3 Å². The van der Waals surface area contributed by atoms with Gasteiger partial charge in [-0.3, -0.25) is 9.59 Å². The number of carbonyl (C=O) groups excluding carboxylic acids is 2. The molecule has 1 aliphatic rings. The number of halogens is 2. The summed E-state index contributed by atoms with van der Waals surface area (Å²) in [5.74, 6) is -1.05. The Morgan fingerprint density at radius 2 is 1.48 bits per heavy atom. The number of amides is 2. The molecule has 2 aromatic rings. The van der Waals surface area contributed by atoms with Crippen LogP contribution in [0.15, 0.2) is 42.5 Å². The predicted octanol–water partition coefficient (Wildman–Crippen LogP) is 3.39. The van der Waals surface area contributed by atoms with E-state index in [4.69, 9.17) is 11.6 Å². The highest BCUT2D eigenvalue weighted by Gasteiger charge is 2.26. The van der Waals surface area contributed by atoms with E-state index in [-0.39, 0.29) is 11.5 Å². The number of piperazine rings is 1. The van der Waals surface area contributed by atoms with Crippen LogP contribution in [0.4, 0.5) is 4.39 Å². The SMILES string of the molecule is Cc1ccc(C(=O)N2CCN(C(=O)c3cc(Cl)ccc3F)CC2)cc1. The lowest BCUT2D eigenvalue weighted by Gasteiger charge is -2.35. The van der Waals surface area contributed by atoms with E-state index >= 15 is 0 Å². The molecule has 1 fully saturated rings. The van der Waals surface area contributed by atoms with Crippen molar-refractivity contribution in [3.63, 3.8) is 0 Å². The highest BCUT2D eigenvalue weighted by atomic mass is 35.5. The fourth-order valence-corrected chi connectivity index (χ4v) is 3.00. The minimum Gasteiger partial charge on any atom is -0.335 e. The minimum atomic E-state index is -0.590. The zero-order valence-electron chi connectivity index (χ0n) is 13.8. The molecule has 25 heavy (non-hydrogen) atoms. The Bertz CT molecular complexity index is 800. The Hall–Kier alpha value is -2.40. The number of nitrogens with zero attached hydrogens (tertiary/aromatic N) is 2. The fraction of sp³-hybridized carbons (Fsp3) is 0.263. The highest BCUT2D eigenvalue weighted by Crippen LogP contribution is 2.18. The summed E-state index contributed by atoms with van der Waals surface area (Å²) in [6.45, 7) is 3.53. The van der Waals surface area contributed by atoms with Crippen molar-refractivity contribution in [3.8, 4) is 0 Å². The van der Waals surface area contributed by atoms with E-state index in [0.717, 1.165) is 5.56 Å². The molecule has 0 unspecified atom stereocenters. The van der Waals surface area contributed by atoms with Crippen LogP contribution in [-0.2, 0) is 0 Å². The van der Waals surface area contributed by atoms with Crippen molar-refractivity contribution in [2.45, 2.75) is 6.92 Å². The van der Waals surface area contributed by atoms with Gasteiger partial charge in [0, 0.05) is 36.8 Å². The number of rotatable bonds is 2. The first-order valence-corrected chi connectivity index (χ1v) is 8.44. The van der Waals surface area contributed by atoms with Gasteiger partial charge >= 0.3 is 0 Å². The van der Waals surface area contributed by atoms with E-state index in [9.17, 15) is 14.0 Å². The first kappa shape index (κ1) is 17.4. The summed E-state index contributed by atoms with van der Waals surface area (Å²) in [6.07, 6.45) is 0. The van der Waals surface area contributed by atoms with Gasteiger partial charge in [-0.05, 0) is 37.3 Å². The van der Waals surface area contributed by atoms with E-state index in [1.54, 1.807) is 21.9 Å². The lowest BCUT2D eigenvalue weighted by molar-refractivity contribution is 0.0533. The van der Waals surface area contributed by atoms with Crippen LogP contribution in [-0.4, -0.2) is 47.8 Å². The number of carbonyl (C=O) groups is 2. The van der Waals surface area contributed by atoms with Crippen LogP contribution in [0.25, 0.3) is 0 Å². The second-order valence-electron chi connectivity index (χ2n) is 6.07. The highest BCUT2D eigenvalue weighted by molar-refractivity contribution is 6.31. The molecule has 130 valence electrons. The molecule has 3 rings (SSSR count). The van der Waals surface area contributed by atoms with Gasteiger partial charge in [0.05, 0.1) is 5.56 Å². The molecular formula is C19H18ClFN2O2. The molecule has 2 amide bonds. The number of hydrogen-bond donors (Lipinski definition) is 0. The van der Waals surface area contributed by atoms with Crippen molar-refractivity contribution in [3.05, 3.63) is 70.0 Å². The van der Waals surface area contributed by atoms with Gasteiger partial charge in [-0.15, -0.1) is 0 Å². The Morgan fingerprint density at radius 3 is 2.08 bits per heavy atom. The van der Waals surface area contributed by atoms with Crippen molar-refractivity contribution >= 4 is 23.4 Å². The maximum atomic E-state index is 13.9. The molecular weight excluding hydrogens is 343 g/mol. The molecule has 0 saturated carbocycles. The summed E-state index contributed by atoms with van der Waals surface area (Å²) < 4.78 is 13.9. The molecule has 4 nitrogen and oxygen atoms in total. The van der Waals surface area contributed by atoms with Crippen LogP contribution in [0.3, 0.4) is 0 Å². The monoisotopic (exact) mass is 360 g/mol. The Kier molecular flexibility index (Phi) is 5.04. The molecule has 0 radical (unpaired) electrons. The van der Waals surface area contributed by atoms with Gasteiger partial charge in [-0.2, -0.15) is 0 Å². The van der Waals surface area contributed by atoms with Crippen molar-refractivity contribution in [2.75, 3.05) is 26.2 Å². The van der Waals surface area contributed by atoms with E-state index in [1.165, 1.54) is 18.2 Å². The van der Waals surface area contributed by atoms with Crippen LogP contribution >= 0.6 is 11.6 Å². The topological polar surface area (TPSA) is 40.6 Å². The Balaban J connectivity index is 1.65. The molecule has 0 bridgehead atoms. The molecule has 1 heterocycles. The van der Waals surface area contributed by atoms with Gasteiger partial charge in [0.1, 0.15) is 5.82 Å². The van der Waals surface area contributed by atoms with Crippen molar-refractivity contribution in [1.82, 2.24) is 9.80 Å². The summed E-state index contributed by atoms with van der Waals surface area (Å²) in [5.41, 5.74) is 1.69. The lowest BCUT2D eigenvalue weighted by atomic mass is 10.1. The minimum absolute atomic E-state index is 0.0363. The van der Waals surface area contributed by atoms with E-state index in [0.29, 0.717) is 36.8 Å². The largest absolute Gasteiger partial charge is 0.335 e. The summed E-state index contributed by atoms with van der Waals surface area (Å²) in [7, 11) is 0. The van der Waals surface area contributed by atoms with Gasteiger partial charge < -0.3 is 9.80 Å². The summed E-state index contributed by atoms with van der Waals surface area (Å²) in [4.78, 5) is 28.2. The molecule has 0 N–H and O–H groups in total. The second-order valence-corrected chi connectivity index (χ2v) is 6.51. The second kappa shape index (κ2) is 7.23. The fourth-order valence-electron chi connectivity index (χ4n) is 2.82. The van der Waals surface area contributed by atoms with Gasteiger partial charge in [-0.1, -0.05) is 29.3 Å². The molecule has 0 aliphatic carbocycles. The van der Waals surface area contributed by atoms with Crippen LogP contribution in [0, 0.1) is 12.7 Å². The molecule has 1 saturated heterocycles. The summed E-state index contributed by atoms with van der Waals surface area (Å²) >= 11 is 5.85. The first-order chi connectivity index (χ1) is 12.0. The van der Waals surface area contributed by atoms with Crippen molar-refractivity contribution in [1.29, 1.82) is 0 Å². The van der Waals surface area contributed by atoms with Crippen LogP contribution < -0.4 is 0 Å². The lowest BCUT2D eigenvalue weighted by Crippen LogP contribution is -2.50. The standard InChI is InChI=1S/C19H18ClFN2O2/c1-13-2-4-14(5-3-13)18(24)22-8-10-23(11-9-22)19(25)16-12-15(20)6-7-17(16)21/h2-7,12H,8-11H2,1H3. The van der Waals surface area contributed by atoms with E-state index < -0.39 is 11.7 Å². The molecule has 1 aliphatic heterocycles. The number of hydrogen-bond acceptors (Lipinski definition) is 2. The third-order valence-corrected chi connectivity index (χ3v) is 4.55. The van der Waals surface area contributed by atoms with E-state index in [2.05, 4.69) is 0 Å². The quantitative estimate of drug-likeness (QED) is 0.823. The van der Waals surface area contributed by atoms with Gasteiger partial charge in [0.15, 0.2) is 0 Å².